The molecular weight excluding hydrogens is 371 g/mol. The number of Topliss-reactive ketones (excluding diaryl/α,β-unsaturated/α-hetero) is 1. The zero-order chi connectivity index (χ0) is 19.1. The Bertz CT molecular complexity index is 832. The molecule has 1 amide bonds. The Morgan fingerprint density at radius 1 is 1.27 bits per heavy atom. The smallest absolute Gasteiger partial charge is 0.326 e. The Balaban J connectivity index is 1.85. The predicted molar refractivity (Wildman–Crippen MR) is 89.3 cm³/mol. The van der Waals surface area contributed by atoms with E-state index in [1.807, 2.05) is 0 Å². The monoisotopic (exact) mass is 385 g/mol. The summed E-state index contributed by atoms with van der Waals surface area (Å²) in [5.41, 5.74) is -0.180. The molecule has 0 bridgehead atoms. The van der Waals surface area contributed by atoms with Gasteiger partial charge in [-0.15, -0.1) is 11.6 Å². The van der Waals surface area contributed by atoms with E-state index >= 15 is 0 Å². The van der Waals surface area contributed by atoms with Crippen molar-refractivity contribution in [1.29, 1.82) is 0 Å². The van der Waals surface area contributed by atoms with Crippen molar-refractivity contribution in [3.63, 3.8) is 0 Å². The van der Waals surface area contributed by atoms with Crippen molar-refractivity contribution < 1.29 is 22.8 Å². The SMILES string of the molecule is CC(=O)CC(=O)Nc1ccc(-n2cc(C3(Cl)CC3)c(C(F)(F)F)n2)cc1. The highest BCUT2D eigenvalue weighted by Crippen LogP contribution is 2.54. The van der Waals surface area contributed by atoms with E-state index < -0.39 is 22.7 Å². The Hall–Kier alpha value is -2.35. The number of benzene rings is 1. The number of aromatic nitrogens is 2. The zero-order valence-electron chi connectivity index (χ0n) is 13.7. The number of rotatable bonds is 5. The second-order valence-electron chi connectivity index (χ2n) is 6.27. The maximum Gasteiger partial charge on any atom is 0.435 e. The van der Waals surface area contributed by atoms with E-state index in [0.29, 0.717) is 24.2 Å². The number of hydrogen-bond acceptors (Lipinski definition) is 3. The van der Waals surface area contributed by atoms with Crippen molar-refractivity contribution in [3.05, 3.63) is 41.7 Å². The molecule has 1 fully saturated rings. The molecule has 1 N–H and O–H groups in total. The number of hydrogen-bond donors (Lipinski definition) is 1. The average molecular weight is 386 g/mol. The fourth-order valence-corrected chi connectivity index (χ4v) is 2.78. The first-order valence-electron chi connectivity index (χ1n) is 7.84. The van der Waals surface area contributed by atoms with Crippen LogP contribution in [0.2, 0.25) is 0 Å². The first kappa shape index (κ1) is 18.4. The molecule has 26 heavy (non-hydrogen) atoms. The molecule has 1 aromatic heterocycles. The number of ketones is 1. The molecule has 0 atom stereocenters. The average Bonchev–Trinajstić information content (AvgIpc) is 3.10. The minimum atomic E-state index is -4.59. The molecule has 1 aromatic carbocycles. The molecule has 0 aliphatic heterocycles. The lowest BCUT2D eigenvalue weighted by atomic mass is 10.1. The van der Waals surface area contributed by atoms with Crippen LogP contribution in [0.15, 0.2) is 30.5 Å². The summed E-state index contributed by atoms with van der Waals surface area (Å²) < 4.78 is 40.8. The Kier molecular flexibility index (Phi) is 4.56. The first-order chi connectivity index (χ1) is 12.1. The topological polar surface area (TPSA) is 64.0 Å². The van der Waals surface area contributed by atoms with Crippen LogP contribution in [0.5, 0.6) is 0 Å². The quantitative estimate of drug-likeness (QED) is 0.624. The third-order valence-corrected chi connectivity index (χ3v) is 4.56. The van der Waals surface area contributed by atoms with E-state index in [1.165, 1.54) is 37.4 Å². The lowest BCUT2D eigenvalue weighted by Crippen LogP contribution is -2.14. The zero-order valence-corrected chi connectivity index (χ0v) is 14.5. The van der Waals surface area contributed by atoms with Crippen molar-refractivity contribution in [2.24, 2.45) is 0 Å². The van der Waals surface area contributed by atoms with Crippen LogP contribution in [-0.4, -0.2) is 21.5 Å². The molecule has 1 heterocycles. The molecule has 0 spiro atoms. The predicted octanol–water partition coefficient (Wildman–Crippen LogP) is 4.04. The van der Waals surface area contributed by atoms with Crippen LogP contribution in [0, 0.1) is 0 Å². The normalized spacial score (nSPS) is 15.6. The molecule has 0 radical (unpaired) electrons. The molecule has 1 aliphatic carbocycles. The summed E-state index contributed by atoms with van der Waals surface area (Å²) in [6, 6.07) is 6.09. The second-order valence-corrected chi connectivity index (χ2v) is 7.00. The van der Waals surface area contributed by atoms with Gasteiger partial charge in [0, 0.05) is 17.4 Å². The van der Waals surface area contributed by atoms with Crippen LogP contribution in [0.1, 0.15) is 37.4 Å². The van der Waals surface area contributed by atoms with Gasteiger partial charge in [0.1, 0.15) is 5.78 Å². The van der Waals surface area contributed by atoms with Crippen molar-refractivity contribution >= 4 is 29.0 Å². The van der Waals surface area contributed by atoms with E-state index in [4.69, 9.17) is 11.6 Å². The Labute approximate surface area is 152 Å². The van der Waals surface area contributed by atoms with E-state index in [-0.39, 0.29) is 17.8 Å². The Morgan fingerprint density at radius 3 is 2.38 bits per heavy atom. The molecule has 1 saturated carbocycles. The molecule has 2 aromatic rings. The van der Waals surface area contributed by atoms with Crippen molar-refractivity contribution in [2.75, 3.05) is 5.32 Å². The summed E-state index contributed by atoms with van der Waals surface area (Å²) in [6.07, 6.45) is -2.58. The minimum absolute atomic E-state index is 0.0227. The summed E-state index contributed by atoms with van der Waals surface area (Å²) >= 11 is 6.18. The lowest BCUT2D eigenvalue weighted by molar-refractivity contribution is -0.142. The van der Waals surface area contributed by atoms with Gasteiger partial charge >= 0.3 is 6.18 Å². The number of amides is 1. The van der Waals surface area contributed by atoms with Crippen LogP contribution in [0.3, 0.4) is 0 Å². The lowest BCUT2D eigenvalue weighted by Gasteiger charge is -2.08. The summed E-state index contributed by atoms with van der Waals surface area (Å²) in [4.78, 5) is 21.5. The number of nitrogens with zero attached hydrogens (tertiary/aromatic N) is 2. The fraction of sp³-hybridized carbons (Fsp3) is 0.353. The van der Waals surface area contributed by atoms with Crippen LogP contribution in [0.25, 0.3) is 5.69 Å². The van der Waals surface area contributed by atoms with Gasteiger partial charge in [-0.3, -0.25) is 9.59 Å². The van der Waals surface area contributed by atoms with Gasteiger partial charge in [-0.05, 0) is 44.0 Å². The molecule has 138 valence electrons. The summed E-state index contributed by atoms with van der Waals surface area (Å²) in [6.45, 7) is 1.31. The van der Waals surface area contributed by atoms with Crippen molar-refractivity contribution in [2.45, 2.75) is 37.2 Å². The number of anilines is 1. The number of nitrogens with one attached hydrogen (secondary N) is 1. The fourth-order valence-electron chi connectivity index (χ4n) is 2.55. The van der Waals surface area contributed by atoms with Gasteiger partial charge in [-0.2, -0.15) is 18.3 Å². The van der Waals surface area contributed by atoms with Gasteiger partial charge in [0.15, 0.2) is 5.69 Å². The van der Waals surface area contributed by atoms with Crippen LogP contribution in [0.4, 0.5) is 18.9 Å². The third kappa shape index (κ3) is 3.90. The standard InChI is InChI=1S/C17H15ClF3N3O2/c1-10(25)8-14(26)22-11-2-4-12(5-3-11)24-9-13(16(18)6-7-16)15(23-24)17(19,20)21/h2-5,9H,6-8H2,1H3,(H,22,26). The highest BCUT2D eigenvalue weighted by atomic mass is 35.5. The van der Waals surface area contributed by atoms with Crippen LogP contribution in [-0.2, 0) is 20.6 Å². The number of halogens is 4. The molecular formula is C17H15ClF3N3O2. The maximum atomic E-state index is 13.2. The first-order valence-corrected chi connectivity index (χ1v) is 8.22. The van der Waals surface area contributed by atoms with Gasteiger partial charge < -0.3 is 5.32 Å². The highest BCUT2D eigenvalue weighted by Gasteiger charge is 2.50. The largest absolute Gasteiger partial charge is 0.435 e. The molecule has 5 nitrogen and oxygen atoms in total. The summed E-state index contributed by atoms with van der Waals surface area (Å²) in [5, 5.41) is 6.20. The molecule has 0 saturated heterocycles. The molecule has 1 aliphatic rings. The van der Waals surface area contributed by atoms with Gasteiger partial charge in [0.2, 0.25) is 5.91 Å². The Morgan fingerprint density at radius 2 is 1.88 bits per heavy atom. The maximum absolute atomic E-state index is 13.2. The third-order valence-electron chi connectivity index (χ3n) is 3.98. The second kappa shape index (κ2) is 6.42. The van der Waals surface area contributed by atoms with Crippen molar-refractivity contribution in [3.8, 4) is 5.69 Å². The van der Waals surface area contributed by atoms with E-state index in [1.54, 1.807) is 0 Å². The number of carbonyl (C=O) groups is 2. The van der Waals surface area contributed by atoms with Gasteiger partial charge in [-0.25, -0.2) is 4.68 Å². The highest BCUT2D eigenvalue weighted by molar-refractivity contribution is 6.26. The summed E-state index contributed by atoms with van der Waals surface area (Å²) in [7, 11) is 0. The van der Waals surface area contributed by atoms with E-state index in [0.717, 1.165) is 4.68 Å². The molecule has 0 unspecified atom stereocenters. The van der Waals surface area contributed by atoms with E-state index in [9.17, 15) is 22.8 Å². The van der Waals surface area contributed by atoms with E-state index in [2.05, 4.69) is 10.4 Å². The van der Waals surface area contributed by atoms with Crippen molar-refractivity contribution in [1.82, 2.24) is 9.78 Å². The van der Waals surface area contributed by atoms with Gasteiger partial charge in [-0.1, -0.05) is 0 Å². The van der Waals surface area contributed by atoms with Gasteiger partial charge in [0.05, 0.1) is 17.0 Å². The molecule has 9 heteroatoms. The van der Waals surface area contributed by atoms with Crippen LogP contribution < -0.4 is 5.32 Å². The molecule has 3 rings (SSSR count). The number of carbonyl (C=O) groups excluding carboxylic acids is 2. The summed E-state index contributed by atoms with van der Waals surface area (Å²) in [5.74, 6) is -0.721. The van der Waals surface area contributed by atoms with Gasteiger partial charge in [0.25, 0.3) is 0 Å². The van der Waals surface area contributed by atoms with Crippen LogP contribution >= 0.6 is 11.6 Å². The minimum Gasteiger partial charge on any atom is -0.326 e. The number of alkyl halides is 4.